The summed E-state index contributed by atoms with van der Waals surface area (Å²) in [7, 11) is -7.11. The minimum atomic E-state index is -3.55. The van der Waals surface area contributed by atoms with Crippen molar-refractivity contribution in [3.05, 3.63) is 59.7 Å². The molecule has 8 nitrogen and oxygen atoms in total. The molecule has 0 saturated heterocycles. The van der Waals surface area contributed by atoms with Crippen LogP contribution in [0.1, 0.15) is 20.7 Å². The largest absolute Gasteiger partial charge is 0.268 e. The Morgan fingerprint density at radius 3 is 1.24 bits per heavy atom. The molecule has 0 spiro atoms. The number of sulfonamides is 2. The van der Waals surface area contributed by atoms with Gasteiger partial charge in [-0.1, -0.05) is 24.3 Å². The van der Waals surface area contributed by atoms with Crippen molar-refractivity contribution >= 4 is 69.6 Å². The number of nitrogens with one attached hydrogen (secondary N) is 2. The van der Waals surface area contributed by atoms with Crippen molar-refractivity contribution in [1.82, 2.24) is 9.44 Å². The van der Waals surface area contributed by atoms with Gasteiger partial charge in [-0.3, -0.25) is 9.59 Å². The molecule has 25 heavy (non-hydrogen) atoms. The predicted octanol–water partition coefficient (Wildman–Crippen LogP) is -0.143. The Bertz CT molecular complexity index is 993. The van der Waals surface area contributed by atoms with E-state index in [-0.39, 0.29) is 58.7 Å². The fourth-order valence-corrected chi connectivity index (χ4v) is 4.59. The summed E-state index contributed by atoms with van der Waals surface area (Å²) in [6.07, 6.45) is 0. The number of hydrogen-bond acceptors (Lipinski definition) is 6. The average Bonchev–Trinajstić information content (AvgIpc) is 2.91. The van der Waals surface area contributed by atoms with Gasteiger partial charge in [0.1, 0.15) is 9.79 Å². The Labute approximate surface area is 173 Å². The number of rotatable bonds is 0. The molecule has 0 atom stereocenters. The molecule has 126 valence electrons. The van der Waals surface area contributed by atoms with Gasteiger partial charge < -0.3 is 0 Å². The van der Waals surface area contributed by atoms with Crippen LogP contribution < -0.4 is 9.44 Å². The fourth-order valence-electron chi connectivity index (χ4n) is 2.24. The zero-order valence-corrected chi connectivity index (χ0v) is 16.4. The number of carbonyl (C=O) groups is 2. The standard InChI is InChI=1S/2C7H5NO3S.Ca/c2*9-7-5-3-1-2-4-6(5)12(10,11)8-7;/h2*1-4H,(H,8,9);. The Balaban J connectivity index is 0.000000173. The monoisotopic (exact) mass is 406 g/mol. The van der Waals surface area contributed by atoms with Gasteiger partial charge in [0.15, 0.2) is 0 Å². The van der Waals surface area contributed by atoms with Gasteiger partial charge in [0.05, 0.1) is 11.1 Å². The Hall–Kier alpha value is -1.46. The Morgan fingerprint density at radius 2 is 0.920 bits per heavy atom. The van der Waals surface area contributed by atoms with Crippen LogP contribution >= 0.6 is 0 Å². The van der Waals surface area contributed by atoms with E-state index < -0.39 is 31.9 Å². The minimum Gasteiger partial charge on any atom is -0.268 e. The predicted molar refractivity (Wildman–Crippen MR) is 87.9 cm³/mol. The maximum Gasteiger partial charge on any atom is 0.266 e. The molecule has 2 aliphatic rings. The van der Waals surface area contributed by atoms with Crippen LogP contribution in [0.15, 0.2) is 58.3 Å². The summed E-state index contributed by atoms with van der Waals surface area (Å²) in [5.41, 5.74) is 0.440. The van der Waals surface area contributed by atoms with Crippen molar-refractivity contribution in [2.75, 3.05) is 0 Å². The first-order valence-corrected chi connectivity index (χ1v) is 9.51. The van der Waals surface area contributed by atoms with E-state index in [1.165, 1.54) is 24.3 Å². The van der Waals surface area contributed by atoms with Crippen molar-refractivity contribution in [2.45, 2.75) is 9.79 Å². The molecule has 0 aliphatic carbocycles. The van der Waals surface area contributed by atoms with Gasteiger partial charge in [-0.2, -0.15) is 0 Å². The maximum absolute atomic E-state index is 11.1. The Kier molecular flexibility index (Phi) is 5.59. The second-order valence-electron chi connectivity index (χ2n) is 4.86. The molecule has 2 heterocycles. The van der Waals surface area contributed by atoms with Crippen molar-refractivity contribution < 1.29 is 26.4 Å². The summed E-state index contributed by atoms with van der Waals surface area (Å²) in [5.74, 6) is -1.10. The quantitative estimate of drug-likeness (QED) is 0.586. The minimum absolute atomic E-state index is 0. The first-order valence-electron chi connectivity index (χ1n) is 6.55. The summed E-state index contributed by atoms with van der Waals surface area (Å²) < 4.78 is 48.3. The smallest absolute Gasteiger partial charge is 0.266 e. The van der Waals surface area contributed by atoms with E-state index in [4.69, 9.17) is 0 Å². The number of benzene rings is 2. The molecule has 0 saturated carbocycles. The molecule has 11 heteroatoms. The van der Waals surface area contributed by atoms with E-state index in [2.05, 4.69) is 0 Å². The van der Waals surface area contributed by atoms with Crippen LogP contribution in [0.3, 0.4) is 0 Å². The molecule has 0 bridgehead atoms. The fraction of sp³-hybridized carbons (Fsp3) is 0. The number of carbonyl (C=O) groups excluding carboxylic acids is 2. The van der Waals surface area contributed by atoms with Crippen molar-refractivity contribution in [1.29, 1.82) is 0 Å². The average molecular weight is 406 g/mol. The summed E-state index contributed by atoms with van der Waals surface area (Å²) in [6.45, 7) is 0. The molecule has 2 amide bonds. The van der Waals surface area contributed by atoms with E-state index in [1.807, 2.05) is 9.44 Å². The third-order valence-electron chi connectivity index (χ3n) is 3.30. The number of amides is 2. The van der Waals surface area contributed by atoms with Gasteiger partial charge in [0.25, 0.3) is 31.9 Å². The molecule has 2 aromatic carbocycles. The second-order valence-corrected chi connectivity index (χ2v) is 8.16. The van der Waals surface area contributed by atoms with Gasteiger partial charge in [0.2, 0.25) is 0 Å². The zero-order chi connectivity index (χ0) is 17.5. The van der Waals surface area contributed by atoms with E-state index in [0.29, 0.717) is 0 Å². The molecule has 2 radical (unpaired) electrons. The van der Waals surface area contributed by atoms with Crippen LogP contribution in [0, 0.1) is 0 Å². The molecule has 2 aromatic rings. The third kappa shape index (κ3) is 3.72. The molecular weight excluding hydrogens is 396 g/mol. The van der Waals surface area contributed by atoms with E-state index in [1.54, 1.807) is 24.3 Å². The second kappa shape index (κ2) is 7.04. The van der Waals surface area contributed by atoms with Gasteiger partial charge >= 0.3 is 0 Å². The molecule has 2 aliphatic heterocycles. The first-order chi connectivity index (χ1) is 11.2. The molecular formula is C14H10CaN2O6S2. The molecule has 4 rings (SSSR count). The van der Waals surface area contributed by atoms with Gasteiger partial charge in [-0.05, 0) is 24.3 Å². The van der Waals surface area contributed by atoms with Gasteiger partial charge in [-0.15, -0.1) is 0 Å². The summed E-state index contributed by atoms with van der Waals surface area (Å²) in [4.78, 5) is 22.1. The van der Waals surface area contributed by atoms with Gasteiger partial charge in [-0.25, -0.2) is 26.3 Å². The summed E-state index contributed by atoms with van der Waals surface area (Å²) in [5, 5.41) is 0. The van der Waals surface area contributed by atoms with E-state index >= 15 is 0 Å². The first kappa shape index (κ1) is 19.9. The van der Waals surface area contributed by atoms with Crippen LogP contribution in [-0.4, -0.2) is 66.4 Å². The van der Waals surface area contributed by atoms with Crippen LogP contribution in [0.25, 0.3) is 0 Å². The SMILES string of the molecule is O=C1NS(=O)(=O)c2ccccc21.O=C1NS(=O)(=O)c2ccccc21.[Ca]. The van der Waals surface area contributed by atoms with E-state index in [9.17, 15) is 26.4 Å². The molecule has 0 aromatic heterocycles. The van der Waals surface area contributed by atoms with Crippen LogP contribution in [0.2, 0.25) is 0 Å². The maximum atomic E-state index is 11.1. The van der Waals surface area contributed by atoms with Crippen molar-refractivity contribution in [3.8, 4) is 0 Å². The number of fused-ring (bicyclic) bond motifs is 2. The normalized spacial score (nSPS) is 17.8. The van der Waals surface area contributed by atoms with Gasteiger partial charge in [0, 0.05) is 37.7 Å². The number of hydrogen-bond donors (Lipinski definition) is 2. The zero-order valence-electron chi connectivity index (χ0n) is 12.6. The van der Waals surface area contributed by atoms with Crippen LogP contribution in [0.5, 0.6) is 0 Å². The van der Waals surface area contributed by atoms with Crippen LogP contribution in [-0.2, 0) is 20.0 Å². The van der Waals surface area contributed by atoms with Crippen molar-refractivity contribution in [2.24, 2.45) is 0 Å². The molecule has 0 fully saturated rings. The molecule has 2 N–H and O–H groups in total. The third-order valence-corrected chi connectivity index (χ3v) is 6.07. The summed E-state index contributed by atoms with van der Waals surface area (Å²) in [6, 6.07) is 12.2. The molecule has 0 unspecified atom stereocenters. The summed E-state index contributed by atoms with van der Waals surface area (Å²) >= 11 is 0. The van der Waals surface area contributed by atoms with E-state index in [0.717, 1.165) is 0 Å². The van der Waals surface area contributed by atoms with Crippen molar-refractivity contribution in [3.63, 3.8) is 0 Å². The Morgan fingerprint density at radius 1 is 0.600 bits per heavy atom. The van der Waals surface area contributed by atoms with Crippen LogP contribution in [0.4, 0.5) is 0 Å². The topological polar surface area (TPSA) is 126 Å².